The predicted octanol–water partition coefficient (Wildman–Crippen LogP) is 5.04. The summed E-state index contributed by atoms with van der Waals surface area (Å²) in [5.41, 5.74) is 1.83. The molecule has 2 heterocycles. The smallest absolute Gasteiger partial charge is 0.356 e. The maximum atomic E-state index is 13.4. The third-order valence-corrected chi connectivity index (χ3v) is 9.31. The van der Waals surface area contributed by atoms with E-state index in [1.165, 1.54) is 28.4 Å². The molecule has 7 nitrogen and oxygen atoms in total. The van der Waals surface area contributed by atoms with Gasteiger partial charge < -0.3 is 14.8 Å². The Morgan fingerprint density at radius 1 is 1.03 bits per heavy atom. The van der Waals surface area contributed by atoms with Crippen molar-refractivity contribution in [3.05, 3.63) is 106 Å². The monoisotopic (exact) mass is 580 g/mol. The molecule has 0 spiro atoms. The molecule has 0 aromatic heterocycles. The summed E-state index contributed by atoms with van der Waals surface area (Å²) in [6.45, 7) is 0.0352. The van der Waals surface area contributed by atoms with Crippen LogP contribution in [0.3, 0.4) is 0 Å². The lowest BCUT2D eigenvalue weighted by Gasteiger charge is -2.49. The van der Waals surface area contributed by atoms with E-state index in [1.807, 2.05) is 60.7 Å². The van der Waals surface area contributed by atoms with Gasteiger partial charge in [0.05, 0.1) is 18.6 Å². The topological polar surface area (TPSA) is 84.9 Å². The lowest BCUT2D eigenvalue weighted by Crippen LogP contribution is -2.70. The van der Waals surface area contributed by atoms with Gasteiger partial charge in [-0.3, -0.25) is 14.5 Å². The van der Waals surface area contributed by atoms with Gasteiger partial charge in [0.15, 0.2) is 0 Å². The van der Waals surface area contributed by atoms with Crippen LogP contribution >= 0.6 is 35.1 Å². The summed E-state index contributed by atoms with van der Waals surface area (Å²) in [6, 6.07) is 23.1. The maximum absolute atomic E-state index is 13.4. The number of halogens is 1. The number of ether oxygens (including phenoxy) is 2. The average molecular weight is 581 g/mol. The zero-order chi connectivity index (χ0) is 27.4. The van der Waals surface area contributed by atoms with Gasteiger partial charge in [-0.2, -0.15) is 0 Å². The highest BCUT2D eigenvalue weighted by atomic mass is 35.5. The first kappa shape index (κ1) is 27.2. The number of nitrogens with zero attached hydrogens (tertiary/aromatic N) is 1. The third-order valence-electron chi connectivity index (χ3n) is 6.25. The van der Waals surface area contributed by atoms with Crippen LogP contribution in [0, 0.1) is 0 Å². The van der Waals surface area contributed by atoms with Gasteiger partial charge in [-0.25, -0.2) is 4.79 Å². The lowest BCUT2D eigenvalue weighted by atomic mass is 10.0. The molecule has 2 atom stereocenters. The molecule has 5 rings (SSSR count). The number of fused-ring (bicyclic) bond motifs is 1. The first-order valence-electron chi connectivity index (χ1n) is 12.2. The number of nitrogens with one attached hydrogen (secondary N) is 1. The van der Waals surface area contributed by atoms with E-state index in [-0.39, 0.29) is 30.5 Å². The molecule has 1 fully saturated rings. The number of β-lactam (4-membered cyclic amide) rings is 1. The number of carbonyl (C=O) groups excluding carboxylic acids is 3. The van der Waals surface area contributed by atoms with E-state index in [1.54, 1.807) is 25.3 Å². The highest BCUT2D eigenvalue weighted by Gasteiger charge is 2.54. The van der Waals surface area contributed by atoms with E-state index >= 15 is 0 Å². The second-order valence-corrected chi connectivity index (χ2v) is 11.5. The van der Waals surface area contributed by atoms with Crippen molar-refractivity contribution in [3.8, 4) is 5.75 Å². The second-order valence-electron chi connectivity index (χ2n) is 8.85. The first-order valence-corrected chi connectivity index (χ1v) is 14.4. The zero-order valence-electron chi connectivity index (χ0n) is 21.0. The predicted molar refractivity (Wildman–Crippen MR) is 152 cm³/mol. The fourth-order valence-corrected chi connectivity index (χ4v) is 7.01. The van der Waals surface area contributed by atoms with Gasteiger partial charge in [-0.05, 0) is 35.4 Å². The number of hydrogen-bond donors (Lipinski definition) is 1. The fraction of sp³-hybridized carbons (Fsp3) is 0.207. The molecule has 0 saturated carbocycles. The standard InChI is InChI=1S/C29H25ClN2O5S2/c1-36-20-13-11-19(12-14-20)16-37-29(35)26-23(39-22-10-6-5-9-21(22)30)17-38-28-25(27(34)32(26)28)31-24(33)15-18-7-3-2-4-8-18/h2-14,25,28H,15-17H2,1H3,(H,31,33)/t25-,28-/m1/s1. The van der Waals surface area contributed by atoms with E-state index in [9.17, 15) is 14.4 Å². The van der Waals surface area contributed by atoms with E-state index in [0.29, 0.717) is 21.4 Å². The number of methoxy groups -OCH3 is 1. The van der Waals surface area contributed by atoms with Crippen LogP contribution in [0.1, 0.15) is 11.1 Å². The van der Waals surface area contributed by atoms with Crippen molar-refractivity contribution in [2.24, 2.45) is 0 Å². The number of amides is 2. The van der Waals surface area contributed by atoms with Gasteiger partial charge in [-0.15, -0.1) is 11.8 Å². The molecule has 1 saturated heterocycles. The summed E-state index contributed by atoms with van der Waals surface area (Å²) in [5, 5.41) is 2.99. The Morgan fingerprint density at radius 2 is 1.74 bits per heavy atom. The summed E-state index contributed by atoms with van der Waals surface area (Å²) >= 11 is 9.22. The quantitative estimate of drug-likeness (QED) is 0.280. The molecular formula is C29H25ClN2O5S2. The van der Waals surface area contributed by atoms with Gasteiger partial charge in [0, 0.05) is 15.6 Å². The first-order chi connectivity index (χ1) is 18.9. The van der Waals surface area contributed by atoms with Gasteiger partial charge in [0.25, 0.3) is 5.91 Å². The molecular weight excluding hydrogens is 556 g/mol. The minimum Gasteiger partial charge on any atom is -0.497 e. The summed E-state index contributed by atoms with van der Waals surface area (Å²) in [7, 11) is 1.58. The Hall–Kier alpha value is -3.40. The average Bonchev–Trinajstić information content (AvgIpc) is 2.96. The van der Waals surface area contributed by atoms with Crippen molar-refractivity contribution < 1.29 is 23.9 Å². The molecule has 10 heteroatoms. The summed E-state index contributed by atoms with van der Waals surface area (Å²) < 4.78 is 10.8. The highest BCUT2D eigenvalue weighted by Crippen LogP contribution is 2.46. The molecule has 0 aliphatic carbocycles. The minimum atomic E-state index is -0.720. The lowest BCUT2D eigenvalue weighted by molar-refractivity contribution is -0.153. The van der Waals surface area contributed by atoms with Crippen LogP contribution in [-0.4, -0.2) is 47.0 Å². The summed E-state index contributed by atoms with van der Waals surface area (Å²) in [4.78, 5) is 42.3. The number of rotatable bonds is 9. The van der Waals surface area contributed by atoms with Crippen LogP contribution in [-0.2, 0) is 32.1 Å². The van der Waals surface area contributed by atoms with Gasteiger partial charge in [0.1, 0.15) is 29.5 Å². The number of esters is 1. The maximum Gasteiger partial charge on any atom is 0.356 e. The molecule has 2 aliphatic heterocycles. The number of hydrogen-bond acceptors (Lipinski definition) is 7. The molecule has 0 radical (unpaired) electrons. The van der Waals surface area contributed by atoms with Gasteiger partial charge in [-0.1, -0.05) is 78.0 Å². The second kappa shape index (κ2) is 12.2. The molecule has 0 bridgehead atoms. The van der Waals surface area contributed by atoms with Crippen molar-refractivity contribution in [1.82, 2.24) is 10.2 Å². The Morgan fingerprint density at radius 3 is 2.46 bits per heavy atom. The molecule has 0 unspecified atom stereocenters. The minimum absolute atomic E-state index is 0.0352. The van der Waals surface area contributed by atoms with Crippen LogP contribution in [0.25, 0.3) is 0 Å². The summed E-state index contributed by atoms with van der Waals surface area (Å²) in [6.07, 6.45) is 0.169. The van der Waals surface area contributed by atoms with E-state index in [0.717, 1.165) is 16.0 Å². The van der Waals surface area contributed by atoms with Crippen molar-refractivity contribution >= 4 is 52.9 Å². The van der Waals surface area contributed by atoms with Crippen molar-refractivity contribution in [2.75, 3.05) is 12.9 Å². The Balaban J connectivity index is 1.34. The number of benzene rings is 3. The normalized spacial score (nSPS) is 18.2. The zero-order valence-corrected chi connectivity index (χ0v) is 23.4. The van der Waals surface area contributed by atoms with E-state index < -0.39 is 17.4 Å². The van der Waals surface area contributed by atoms with Crippen LogP contribution in [0.15, 0.2) is 94.4 Å². The van der Waals surface area contributed by atoms with E-state index in [2.05, 4.69) is 5.32 Å². The molecule has 3 aromatic carbocycles. The van der Waals surface area contributed by atoms with Crippen molar-refractivity contribution in [2.45, 2.75) is 29.3 Å². The molecule has 3 aromatic rings. The Kier molecular flexibility index (Phi) is 8.50. The van der Waals surface area contributed by atoms with Gasteiger partial charge in [0.2, 0.25) is 5.91 Å². The molecule has 1 N–H and O–H groups in total. The van der Waals surface area contributed by atoms with E-state index in [4.69, 9.17) is 21.1 Å². The third kappa shape index (κ3) is 6.11. The van der Waals surface area contributed by atoms with Crippen LogP contribution in [0.5, 0.6) is 5.75 Å². The Bertz CT molecular complexity index is 1410. The molecule has 200 valence electrons. The number of carbonyl (C=O) groups is 3. The van der Waals surface area contributed by atoms with Gasteiger partial charge >= 0.3 is 5.97 Å². The summed E-state index contributed by atoms with van der Waals surface area (Å²) in [5.74, 6) is -0.0357. The van der Waals surface area contributed by atoms with Crippen LogP contribution in [0.4, 0.5) is 0 Å². The molecule has 39 heavy (non-hydrogen) atoms. The fourth-order valence-electron chi connectivity index (χ4n) is 4.26. The number of thioether (sulfide) groups is 2. The molecule has 2 amide bonds. The van der Waals surface area contributed by atoms with Crippen molar-refractivity contribution in [3.63, 3.8) is 0 Å². The Labute approximate surface area is 239 Å². The van der Waals surface area contributed by atoms with Crippen LogP contribution < -0.4 is 10.1 Å². The largest absolute Gasteiger partial charge is 0.497 e. The van der Waals surface area contributed by atoms with Crippen molar-refractivity contribution in [1.29, 1.82) is 0 Å². The SMILES string of the molecule is COc1ccc(COC(=O)C2=C(Sc3ccccc3Cl)CS[C@@H]3[C@H](NC(=O)Cc4ccccc4)C(=O)N23)cc1. The molecule has 2 aliphatic rings. The van der Waals surface area contributed by atoms with Crippen LogP contribution in [0.2, 0.25) is 5.02 Å². The highest BCUT2D eigenvalue weighted by molar-refractivity contribution is 8.06.